The summed E-state index contributed by atoms with van der Waals surface area (Å²) in [4.78, 5) is 4.36. The fourth-order valence-corrected chi connectivity index (χ4v) is 2.48. The zero-order valence-electron chi connectivity index (χ0n) is 10.1. The summed E-state index contributed by atoms with van der Waals surface area (Å²) in [5, 5.41) is 6.83. The molecule has 0 saturated carbocycles. The van der Waals surface area contributed by atoms with Gasteiger partial charge in [-0.25, -0.2) is 4.98 Å². The second kappa shape index (κ2) is 8.48. The molecule has 0 aromatic carbocycles. The van der Waals surface area contributed by atoms with E-state index in [1.54, 1.807) is 11.3 Å². The number of hydrogen-bond donors (Lipinski definition) is 1. The molecule has 2 nitrogen and oxygen atoms in total. The number of thiazole rings is 1. The number of allylic oxidation sites excluding steroid dienone is 1. The summed E-state index contributed by atoms with van der Waals surface area (Å²) in [6.07, 6.45) is 9.93. The molecule has 0 aliphatic heterocycles. The van der Waals surface area contributed by atoms with Crippen LogP contribution in [0.15, 0.2) is 24.2 Å². The van der Waals surface area contributed by atoms with Crippen molar-refractivity contribution in [2.75, 3.05) is 6.54 Å². The predicted octanol–water partition coefficient (Wildman–Crippen LogP) is 3.93. The van der Waals surface area contributed by atoms with Gasteiger partial charge in [-0.15, -0.1) is 17.9 Å². The van der Waals surface area contributed by atoms with E-state index in [4.69, 9.17) is 0 Å². The molecule has 1 aromatic heterocycles. The van der Waals surface area contributed by atoms with E-state index in [-0.39, 0.29) is 0 Å². The molecule has 0 amide bonds. The summed E-state index contributed by atoms with van der Waals surface area (Å²) < 4.78 is 0. The Hall–Kier alpha value is -0.670. The molecule has 3 heteroatoms. The molecule has 1 heterocycles. The molecule has 0 saturated heterocycles. The predicted molar refractivity (Wildman–Crippen MR) is 71.8 cm³/mol. The van der Waals surface area contributed by atoms with E-state index in [0.29, 0.717) is 6.04 Å². The molecule has 0 bridgehead atoms. The van der Waals surface area contributed by atoms with Crippen molar-refractivity contribution >= 4 is 11.3 Å². The van der Waals surface area contributed by atoms with Crippen molar-refractivity contribution in [3.63, 3.8) is 0 Å². The van der Waals surface area contributed by atoms with Gasteiger partial charge in [0, 0.05) is 11.6 Å². The minimum Gasteiger partial charge on any atom is -0.308 e. The molecule has 1 N–H and O–H groups in total. The SMILES string of the molecule is C=CCCCCCNC(CC)c1nccs1. The van der Waals surface area contributed by atoms with Crippen molar-refractivity contribution < 1.29 is 0 Å². The number of unbranched alkanes of at least 4 members (excludes halogenated alkanes) is 3. The largest absolute Gasteiger partial charge is 0.308 e. The Morgan fingerprint density at radius 2 is 2.38 bits per heavy atom. The fourth-order valence-electron chi connectivity index (χ4n) is 1.68. The Labute approximate surface area is 103 Å². The van der Waals surface area contributed by atoms with Gasteiger partial charge in [0.25, 0.3) is 0 Å². The third kappa shape index (κ3) is 4.90. The monoisotopic (exact) mass is 238 g/mol. The molecule has 0 aliphatic carbocycles. The van der Waals surface area contributed by atoms with E-state index >= 15 is 0 Å². The van der Waals surface area contributed by atoms with Crippen LogP contribution in [0.4, 0.5) is 0 Å². The summed E-state index contributed by atoms with van der Waals surface area (Å²) in [5.41, 5.74) is 0. The first-order chi connectivity index (χ1) is 7.88. The van der Waals surface area contributed by atoms with Crippen LogP contribution in [0.1, 0.15) is 50.1 Å². The number of hydrogen-bond acceptors (Lipinski definition) is 3. The van der Waals surface area contributed by atoms with Crippen molar-refractivity contribution in [2.45, 2.75) is 45.1 Å². The van der Waals surface area contributed by atoms with Gasteiger partial charge < -0.3 is 5.32 Å². The number of rotatable bonds is 9. The van der Waals surface area contributed by atoms with Crippen LogP contribution in [0, 0.1) is 0 Å². The van der Waals surface area contributed by atoms with Gasteiger partial charge in [0.2, 0.25) is 0 Å². The third-order valence-electron chi connectivity index (χ3n) is 2.63. The molecule has 0 spiro atoms. The molecule has 1 atom stereocenters. The quantitative estimate of drug-likeness (QED) is 0.521. The lowest BCUT2D eigenvalue weighted by atomic mass is 10.2. The average molecular weight is 238 g/mol. The highest BCUT2D eigenvalue weighted by atomic mass is 32.1. The van der Waals surface area contributed by atoms with E-state index in [2.05, 4.69) is 23.8 Å². The number of nitrogens with zero attached hydrogens (tertiary/aromatic N) is 1. The molecule has 1 rings (SSSR count). The van der Waals surface area contributed by atoms with Crippen LogP contribution in [-0.4, -0.2) is 11.5 Å². The fraction of sp³-hybridized carbons (Fsp3) is 0.615. The van der Waals surface area contributed by atoms with E-state index in [1.165, 1.54) is 24.3 Å². The van der Waals surface area contributed by atoms with Gasteiger partial charge in [0.05, 0.1) is 6.04 Å². The smallest absolute Gasteiger partial charge is 0.109 e. The van der Waals surface area contributed by atoms with Crippen LogP contribution in [0.5, 0.6) is 0 Å². The zero-order valence-corrected chi connectivity index (χ0v) is 10.9. The average Bonchev–Trinajstić information content (AvgIpc) is 2.82. The van der Waals surface area contributed by atoms with Crippen molar-refractivity contribution in [1.29, 1.82) is 0 Å². The first kappa shape index (κ1) is 13.4. The Balaban J connectivity index is 2.13. The highest BCUT2D eigenvalue weighted by Gasteiger charge is 2.09. The number of aromatic nitrogens is 1. The second-order valence-corrected chi connectivity index (χ2v) is 4.85. The van der Waals surface area contributed by atoms with E-state index < -0.39 is 0 Å². The van der Waals surface area contributed by atoms with Crippen molar-refractivity contribution in [3.8, 4) is 0 Å². The van der Waals surface area contributed by atoms with Crippen molar-refractivity contribution in [1.82, 2.24) is 10.3 Å². The molecule has 90 valence electrons. The van der Waals surface area contributed by atoms with Gasteiger partial charge in [-0.05, 0) is 32.2 Å². The standard InChI is InChI=1S/C13H22N2S/c1-3-5-6-7-8-9-14-12(4-2)13-15-10-11-16-13/h3,10-12,14H,1,4-9H2,2H3. The van der Waals surface area contributed by atoms with Crippen LogP contribution in [0.25, 0.3) is 0 Å². The van der Waals surface area contributed by atoms with Gasteiger partial charge in [0.1, 0.15) is 5.01 Å². The Bertz CT molecular complexity index is 269. The molecule has 1 aromatic rings. The molecular formula is C13H22N2S. The topological polar surface area (TPSA) is 24.9 Å². The molecular weight excluding hydrogens is 216 g/mol. The maximum atomic E-state index is 4.36. The zero-order chi connectivity index (χ0) is 11.6. The summed E-state index contributed by atoms with van der Waals surface area (Å²) in [6, 6.07) is 0.444. The van der Waals surface area contributed by atoms with Crippen LogP contribution in [0.3, 0.4) is 0 Å². The summed E-state index contributed by atoms with van der Waals surface area (Å²) in [7, 11) is 0. The first-order valence-corrected chi connectivity index (χ1v) is 7.00. The summed E-state index contributed by atoms with van der Waals surface area (Å²) in [6.45, 7) is 7.03. The van der Waals surface area contributed by atoms with Gasteiger partial charge in [-0.1, -0.05) is 19.4 Å². The van der Waals surface area contributed by atoms with Crippen LogP contribution in [0.2, 0.25) is 0 Å². The highest BCUT2D eigenvalue weighted by Crippen LogP contribution is 2.18. The van der Waals surface area contributed by atoms with Crippen LogP contribution < -0.4 is 5.32 Å². The lowest BCUT2D eigenvalue weighted by molar-refractivity contribution is 0.497. The lowest BCUT2D eigenvalue weighted by Gasteiger charge is -2.13. The third-order valence-corrected chi connectivity index (χ3v) is 3.52. The van der Waals surface area contributed by atoms with Crippen LogP contribution >= 0.6 is 11.3 Å². The van der Waals surface area contributed by atoms with Gasteiger partial charge in [0.15, 0.2) is 0 Å². The van der Waals surface area contributed by atoms with Crippen molar-refractivity contribution in [3.05, 3.63) is 29.2 Å². The maximum Gasteiger partial charge on any atom is 0.109 e. The van der Waals surface area contributed by atoms with Gasteiger partial charge in [-0.3, -0.25) is 0 Å². The van der Waals surface area contributed by atoms with Crippen molar-refractivity contribution in [2.24, 2.45) is 0 Å². The second-order valence-electron chi connectivity index (χ2n) is 3.92. The first-order valence-electron chi connectivity index (χ1n) is 6.12. The van der Waals surface area contributed by atoms with Gasteiger partial charge >= 0.3 is 0 Å². The minimum atomic E-state index is 0.444. The molecule has 16 heavy (non-hydrogen) atoms. The Kier molecular flexibility index (Phi) is 7.10. The molecule has 1 unspecified atom stereocenters. The lowest BCUT2D eigenvalue weighted by Crippen LogP contribution is -2.21. The molecule has 0 fully saturated rings. The summed E-state index contributed by atoms with van der Waals surface area (Å²) in [5.74, 6) is 0. The number of nitrogens with one attached hydrogen (secondary N) is 1. The van der Waals surface area contributed by atoms with Gasteiger partial charge in [-0.2, -0.15) is 0 Å². The molecule has 0 aliphatic rings. The molecule has 0 radical (unpaired) electrons. The summed E-state index contributed by atoms with van der Waals surface area (Å²) >= 11 is 1.74. The van der Waals surface area contributed by atoms with E-state index in [9.17, 15) is 0 Å². The Morgan fingerprint density at radius 3 is 3.00 bits per heavy atom. The van der Waals surface area contributed by atoms with Crippen LogP contribution in [-0.2, 0) is 0 Å². The highest BCUT2D eigenvalue weighted by molar-refractivity contribution is 7.09. The van der Waals surface area contributed by atoms with E-state index in [0.717, 1.165) is 19.4 Å². The maximum absolute atomic E-state index is 4.36. The Morgan fingerprint density at radius 1 is 1.50 bits per heavy atom. The normalized spacial score (nSPS) is 12.6. The minimum absolute atomic E-state index is 0.444. The van der Waals surface area contributed by atoms with E-state index in [1.807, 2.05) is 17.7 Å².